The standard InChI is InChI=1S/C27H49NO2/c1-7-19(17-28-6)16-20-9-10-21-23(26(20,3)4)14-15-27(5)22(11-12-24(21)27)18(2)8-13-25(29)30/h18-24,28H,7-17H2,1-6H3,(H,29,30)/t18?,19-,20+,21+,22?,23?,24?,27+/m0/s1. The number of rotatable bonds is 9. The van der Waals surface area contributed by atoms with Crippen LogP contribution in [0.5, 0.6) is 0 Å². The molecule has 0 bridgehead atoms. The van der Waals surface area contributed by atoms with E-state index in [0.29, 0.717) is 23.2 Å². The Labute approximate surface area is 186 Å². The Morgan fingerprint density at radius 2 is 1.83 bits per heavy atom. The maximum Gasteiger partial charge on any atom is 0.303 e. The highest BCUT2D eigenvalue weighted by Crippen LogP contribution is 2.67. The molecule has 0 saturated heterocycles. The molecule has 8 atom stereocenters. The van der Waals surface area contributed by atoms with Crippen molar-refractivity contribution in [3.8, 4) is 0 Å². The van der Waals surface area contributed by atoms with E-state index < -0.39 is 5.97 Å². The highest BCUT2D eigenvalue weighted by Gasteiger charge is 2.58. The third-order valence-electron chi connectivity index (χ3n) is 10.6. The molecule has 3 aliphatic rings. The predicted octanol–water partition coefficient (Wildman–Crippen LogP) is 6.62. The molecule has 0 aliphatic heterocycles. The van der Waals surface area contributed by atoms with Crippen molar-refractivity contribution in [3.05, 3.63) is 0 Å². The first kappa shape index (κ1) is 24.1. The van der Waals surface area contributed by atoms with E-state index in [9.17, 15) is 4.79 Å². The fourth-order valence-electron chi connectivity index (χ4n) is 8.72. The summed E-state index contributed by atoms with van der Waals surface area (Å²) in [6.45, 7) is 13.6. The van der Waals surface area contributed by atoms with Crippen molar-refractivity contribution >= 4 is 5.97 Å². The third-order valence-corrected chi connectivity index (χ3v) is 10.6. The van der Waals surface area contributed by atoms with Crippen molar-refractivity contribution in [1.29, 1.82) is 0 Å². The van der Waals surface area contributed by atoms with Gasteiger partial charge < -0.3 is 10.4 Å². The SMILES string of the molecule is CC[C@H](CNC)C[C@H]1CC[C@@H]2C(CC[C@]3(C)C(C(C)CCC(=O)O)CCC23)C1(C)C. The van der Waals surface area contributed by atoms with Gasteiger partial charge in [-0.15, -0.1) is 0 Å². The molecule has 0 aromatic rings. The molecule has 3 nitrogen and oxygen atoms in total. The topological polar surface area (TPSA) is 49.3 Å². The first-order valence-electron chi connectivity index (χ1n) is 13.0. The lowest BCUT2D eigenvalue weighted by Crippen LogP contribution is -2.51. The Bertz CT molecular complexity index is 587. The summed E-state index contributed by atoms with van der Waals surface area (Å²) in [4.78, 5) is 11.1. The molecule has 3 saturated carbocycles. The maximum absolute atomic E-state index is 11.1. The van der Waals surface area contributed by atoms with Crippen molar-refractivity contribution in [3.63, 3.8) is 0 Å². The van der Waals surface area contributed by atoms with Gasteiger partial charge in [0, 0.05) is 6.42 Å². The molecule has 0 aromatic carbocycles. The quantitative estimate of drug-likeness (QED) is 0.441. The molecule has 30 heavy (non-hydrogen) atoms. The van der Waals surface area contributed by atoms with Gasteiger partial charge in [0.05, 0.1) is 0 Å². The van der Waals surface area contributed by atoms with Crippen molar-refractivity contribution in [2.24, 2.45) is 52.3 Å². The van der Waals surface area contributed by atoms with Crippen LogP contribution in [0, 0.1) is 52.3 Å². The number of fused-ring (bicyclic) bond motifs is 3. The summed E-state index contributed by atoms with van der Waals surface area (Å²) in [5.74, 6) is 4.98. The monoisotopic (exact) mass is 419 g/mol. The van der Waals surface area contributed by atoms with Crippen molar-refractivity contribution in [1.82, 2.24) is 5.32 Å². The zero-order valence-electron chi connectivity index (χ0n) is 20.7. The number of carbonyl (C=O) groups is 1. The number of hydrogen-bond acceptors (Lipinski definition) is 2. The van der Waals surface area contributed by atoms with Gasteiger partial charge in [-0.05, 0) is 117 Å². The molecular formula is C27H49NO2. The lowest BCUT2D eigenvalue weighted by atomic mass is 9.46. The van der Waals surface area contributed by atoms with Crippen LogP contribution in [0.15, 0.2) is 0 Å². The van der Waals surface area contributed by atoms with Crippen LogP contribution >= 0.6 is 0 Å². The average molecular weight is 420 g/mol. The van der Waals surface area contributed by atoms with E-state index in [0.717, 1.165) is 48.5 Å². The lowest BCUT2D eigenvalue weighted by Gasteiger charge is -2.59. The highest BCUT2D eigenvalue weighted by atomic mass is 16.4. The van der Waals surface area contributed by atoms with Crippen molar-refractivity contribution in [2.45, 2.75) is 98.8 Å². The molecule has 3 aliphatic carbocycles. The zero-order valence-corrected chi connectivity index (χ0v) is 20.7. The number of hydrogen-bond donors (Lipinski definition) is 2. The first-order chi connectivity index (χ1) is 14.1. The number of carboxylic acid groups (broad SMARTS) is 1. The van der Waals surface area contributed by atoms with Crippen LogP contribution in [0.4, 0.5) is 0 Å². The van der Waals surface area contributed by atoms with Crippen molar-refractivity contribution in [2.75, 3.05) is 13.6 Å². The van der Waals surface area contributed by atoms with E-state index in [1.54, 1.807) is 0 Å². The fourth-order valence-corrected chi connectivity index (χ4v) is 8.72. The second-order valence-corrected chi connectivity index (χ2v) is 12.2. The molecule has 0 spiro atoms. The molecule has 3 rings (SSSR count). The van der Waals surface area contributed by atoms with E-state index in [-0.39, 0.29) is 0 Å². The molecule has 0 heterocycles. The van der Waals surface area contributed by atoms with Gasteiger partial charge in [0.15, 0.2) is 0 Å². The van der Waals surface area contributed by atoms with Crippen LogP contribution in [-0.2, 0) is 4.79 Å². The van der Waals surface area contributed by atoms with E-state index in [4.69, 9.17) is 5.11 Å². The smallest absolute Gasteiger partial charge is 0.303 e. The minimum Gasteiger partial charge on any atom is -0.481 e. The lowest BCUT2D eigenvalue weighted by molar-refractivity contribution is -0.137. The van der Waals surface area contributed by atoms with Crippen LogP contribution in [-0.4, -0.2) is 24.7 Å². The zero-order chi connectivity index (χ0) is 22.1. The Balaban J connectivity index is 1.71. The Morgan fingerprint density at radius 3 is 2.47 bits per heavy atom. The summed E-state index contributed by atoms with van der Waals surface area (Å²) in [5.41, 5.74) is 0.901. The Hall–Kier alpha value is -0.570. The normalized spacial score (nSPS) is 39.7. The van der Waals surface area contributed by atoms with Gasteiger partial charge in [0.1, 0.15) is 0 Å². The Morgan fingerprint density at radius 1 is 1.10 bits per heavy atom. The molecule has 0 radical (unpaired) electrons. The van der Waals surface area contributed by atoms with Gasteiger partial charge in [-0.1, -0.05) is 41.0 Å². The number of nitrogens with one attached hydrogen (secondary N) is 1. The minimum absolute atomic E-state index is 0.338. The second kappa shape index (κ2) is 9.51. The van der Waals surface area contributed by atoms with E-state index >= 15 is 0 Å². The first-order valence-corrected chi connectivity index (χ1v) is 13.0. The number of carboxylic acids is 1. The molecule has 3 heteroatoms. The summed E-state index contributed by atoms with van der Waals surface area (Å²) in [7, 11) is 2.10. The van der Waals surface area contributed by atoms with Gasteiger partial charge in [-0.25, -0.2) is 0 Å². The van der Waals surface area contributed by atoms with E-state index in [1.165, 1.54) is 51.4 Å². The van der Waals surface area contributed by atoms with Crippen molar-refractivity contribution < 1.29 is 9.90 Å². The molecule has 0 aromatic heterocycles. The molecule has 0 amide bonds. The largest absolute Gasteiger partial charge is 0.481 e. The van der Waals surface area contributed by atoms with Crippen LogP contribution in [0.25, 0.3) is 0 Å². The molecule has 174 valence electrons. The summed E-state index contributed by atoms with van der Waals surface area (Å²) in [5, 5.41) is 12.6. The average Bonchev–Trinajstić information content (AvgIpc) is 3.04. The highest BCUT2D eigenvalue weighted by molar-refractivity contribution is 5.66. The van der Waals surface area contributed by atoms with Gasteiger partial charge in [-0.2, -0.15) is 0 Å². The summed E-state index contributed by atoms with van der Waals surface area (Å²) in [6, 6.07) is 0. The third kappa shape index (κ3) is 4.48. The summed E-state index contributed by atoms with van der Waals surface area (Å²) in [6.07, 6.45) is 12.2. The Kier molecular flexibility index (Phi) is 7.63. The minimum atomic E-state index is -0.631. The second-order valence-electron chi connectivity index (χ2n) is 12.2. The molecular weight excluding hydrogens is 370 g/mol. The molecule has 2 N–H and O–H groups in total. The summed E-state index contributed by atoms with van der Waals surface area (Å²) < 4.78 is 0. The van der Waals surface area contributed by atoms with E-state index in [2.05, 4.69) is 47.0 Å². The van der Waals surface area contributed by atoms with Gasteiger partial charge in [0.25, 0.3) is 0 Å². The maximum atomic E-state index is 11.1. The molecule has 4 unspecified atom stereocenters. The van der Waals surface area contributed by atoms with Crippen LogP contribution in [0.1, 0.15) is 98.8 Å². The summed E-state index contributed by atoms with van der Waals surface area (Å²) >= 11 is 0. The van der Waals surface area contributed by atoms with Crippen LogP contribution < -0.4 is 5.32 Å². The van der Waals surface area contributed by atoms with E-state index in [1.807, 2.05) is 0 Å². The molecule has 3 fully saturated rings. The van der Waals surface area contributed by atoms with Gasteiger partial charge in [0.2, 0.25) is 0 Å². The predicted molar refractivity (Wildman–Crippen MR) is 125 cm³/mol. The fraction of sp³-hybridized carbons (Fsp3) is 0.963. The van der Waals surface area contributed by atoms with Crippen LogP contribution in [0.2, 0.25) is 0 Å². The van der Waals surface area contributed by atoms with Crippen LogP contribution in [0.3, 0.4) is 0 Å². The van der Waals surface area contributed by atoms with Gasteiger partial charge >= 0.3 is 5.97 Å². The van der Waals surface area contributed by atoms with Gasteiger partial charge in [-0.3, -0.25) is 4.79 Å². The number of aliphatic carboxylic acids is 1.